The van der Waals surface area contributed by atoms with Crippen LogP contribution in [-0.2, 0) is 65.5 Å². The molecule has 4 N–H and O–H groups in total. The van der Waals surface area contributed by atoms with Crippen molar-refractivity contribution in [2.75, 3.05) is 19.8 Å². The molecule has 18 nitrogen and oxygen atoms in total. The van der Waals surface area contributed by atoms with Crippen molar-refractivity contribution in [3.05, 3.63) is 262 Å². The monoisotopic (exact) mass is 1450 g/mol. The quantitative estimate of drug-likeness (QED) is 0.0492. The summed E-state index contributed by atoms with van der Waals surface area (Å²) >= 11 is 0. The van der Waals surface area contributed by atoms with Gasteiger partial charge in [-0.25, -0.2) is 24.4 Å². The Balaban J connectivity index is -0.000000219. The Labute approximate surface area is 634 Å². The van der Waals surface area contributed by atoms with Crippen LogP contribution >= 0.6 is 0 Å². The second-order valence-corrected chi connectivity index (χ2v) is 18.6. The third-order valence-corrected chi connectivity index (χ3v) is 12.6. The molecular weight excluding hydrogens is 1320 g/mol. The van der Waals surface area contributed by atoms with Gasteiger partial charge in [0.25, 0.3) is 0 Å². The number of aliphatic imine (C=N–C) groups is 1. The molecule has 3 heterocycles. The van der Waals surface area contributed by atoms with E-state index < -0.39 is 48.2 Å². The first-order chi connectivity index (χ1) is 51.3. The molecule has 0 spiro atoms. The van der Waals surface area contributed by atoms with Crippen molar-refractivity contribution in [1.29, 1.82) is 0 Å². The molecule has 18 heteroatoms. The van der Waals surface area contributed by atoms with Crippen molar-refractivity contribution < 1.29 is 53.2 Å². The zero-order chi connectivity index (χ0) is 81.8. The molecule has 2 saturated heterocycles. The van der Waals surface area contributed by atoms with Crippen LogP contribution in [-0.4, -0.2) is 99.8 Å². The average molecular weight is 1460 g/mol. The fourth-order valence-corrected chi connectivity index (χ4v) is 8.62. The summed E-state index contributed by atoms with van der Waals surface area (Å²) in [5.41, 5.74) is 20.5. The largest absolute Gasteiger partial charge is 0.481 e. The number of azide groups is 1. The number of amides is 4. The number of carboxylic acid groups (broad SMARTS) is 2. The number of carbonyl (C=O) groups excluding carboxylic acids is 4. The van der Waals surface area contributed by atoms with Gasteiger partial charge in [-0.15, -0.1) is 0 Å². The number of carboxylic acids is 2. The zero-order valence-corrected chi connectivity index (χ0v) is 68.6. The fraction of sp³-hybridized carbons (Fsp3) is 0.437. The predicted molar refractivity (Wildman–Crippen MR) is 441 cm³/mol. The Morgan fingerprint density at radius 2 is 0.733 bits per heavy atom. The maximum absolute atomic E-state index is 12.9. The van der Waals surface area contributed by atoms with Crippen LogP contribution in [0.5, 0.6) is 0 Å². The third-order valence-electron chi connectivity index (χ3n) is 12.6. The fourth-order valence-electron chi connectivity index (χ4n) is 8.62. The van der Waals surface area contributed by atoms with E-state index >= 15 is 0 Å². The summed E-state index contributed by atoms with van der Waals surface area (Å²) in [6.07, 6.45) is 1.16. The molecule has 105 heavy (non-hydrogen) atoms. The lowest BCUT2D eigenvalue weighted by Gasteiger charge is -2.23. The number of aliphatic carboxylic acids is 2. The van der Waals surface area contributed by atoms with Crippen molar-refractivity contribution in [3.63, 3.8) is 0 Å². The van der Waals surface area contributed by atoms with Crippen LogP contribution in [0.25, 0.3) is 10.4 Å². The summed E-state index contributed by atoms with van der Waals surface area (Å²) in [4.78, 5) is 79.4. The number of carbonyl (C=O) groups is 6. The molecule has 2 fully saturated rings. The molecule has 0 saturated carbocycles. The maximum Gasteiger partial charge on any atom is 0.417 e. The summed E-state index contributed by atoms with van der Waals surface area (Å²) in [5.74, 6) is -1.76. The predicted octanol–water partition coefficient (Wildman–Crippen LogP) is 22.9. The lowest BCUT2D eigenvalue weighted by Crippen LogP contribution is -2.42. The van der Waals surface area contributed by atoms with Crippen LogP contribution in [0.2, 0.25) is 0 Å². The van der Waals surface area contributed by atoms with Crippen LogP contribution in [0.1, 0.15) is 224 Å². The normalized spacial score (nSPS) is 13.3. The first kappa shape index (κ1) is 108. The van der Waals surface area contributed by atoms with E-state index in [2.05, 4.69) is 39.3 Å². The highest BCUT2D eigenvalue weighted by Crippen LogP contribution is 2.27. The first-order valence-electron chi connectivity index (χ1n) is 38.0. The van der Waals surface area contributed by atoms with E-state index in [1.54, 1.807) is 66.7 Å². The first-order valence-corrected chi connectivity index (χ1v) is 38.0. The Morgan fingerprint density at radius 3 is 1.05 bits per heavy atom. The number of hydrogen-bond acceptors (Lipinski definition) is 12. The minimum Gasteiger partial charge on any atom is -0.481 e. The Kier molecular flexibility index (Phi) is 80.8. The van der Waals surface area contributed by atoms with Crippen molar-refractivity contribution >= 4 is 41.8 Å². The summed E-state index contributed by atoms with van der Waals surface area (Å²) < 4.78 is 15.4. The topological polar surface area (TPSA) is 264 Å². The number of nitrogens with two attached hydrogens (primary N) is 1. The second kappa shape index (κ2) is 78.2. The van der Waals surface area contributed by atoms with Crippen LogP contribution in [0, 0.1) is 0 Å². The second-order valence-electron chi connectivity index (χ2n) is 18.6. The standard InChI is InChI=1S/C18H16N4O3.C18H17NO3.C11H13NO.C8H9NO2.C8H8O2.12C2H6/c19-21-20-16(14-9-5-2-6-10-14)17(23)22-15(12-25-18(22)24)11-13-7-3-1-4-8-13;20-17(12-15-9-5-2-6-10-15)19-16(13-22-18(19)21)11-14-7-3-1-4-8-14;1-9-12-11(8-13-9)7-10-5-3-2-4-6-10;9-7(8(10)11)6-4-2-1-3-5-6;9-8(10)6-7-4-2-1-3-5-7;12*1-2/h1-10,15-16H,11-12H2;1-10,16H,11-13H2;2-6,11H,7-8H2,1H3;1-5,7H,9H2,(H,10,11);1-5H,6H2,(H,9,10);12*1-2H3/t15-,16?;16-;11-;7-;;;;;;;;;;;;;/m0000............./s1. The van der Waals surface area contributed by atoms with Gasteiger partial charge >= 0.3 is 24.1 Å². The van der Waals surface area contributed by atoms with Gasteiger partial charge in [0.05, 0.1) is 31.0 Å². The van der Waals surface area contributed by atoms with Gasteiger partial charge in [-0.2, -0.15) is 0 Å². The third kappa shape index (κ3) is 48.6. The van der Waals surface area contributed by atoms with E-state index in [0.29, 0.717) is 30.0 Å². The Morgan fingerprint density at radius 1 is 0.438 bits per heavy atom. The summed E-state index contributed by atoms with van der Waals surface area (Å²) in [6.45, 7) is 51.0. The maximum atomic E-state index is 12.9. The van der Waals surface area contributed by atoms with Crippen molar-refractivity contribution in [1.82, 2.24) is 9.80 Å². The van der Waals surface area contributed by atoms with Gasteiger partial charge < -0.3 is 30.2 Å². The van der Waals surface area contributed by atoms with E-state index in [0.717, 1.165) is 46.1 Å². The SMILES string of the molecule is CC.CC.CC.CC.CC.CC.CC.CC.CC.CC.CC.CC.CC1=N[C@@H](Cc2ccccc2)CO1.N[C@H](C(=O)O)c1ccccc1.O=C(Cc1ccccc1)N1C(=O)OC[C@@H]1Cc1ccccc1.O=C(O)Cc1ccccc1.[N-]=[N+]=NC(C(=O)N1C(=O)OC[C@@H]1Cc1ccccc1)c1ccccc1. The van der Waals surface area contributed by atoms with Gasteiger partial charge in [0.1, 0.15) is 31.9 Å². The average Bonchev–Trinajstić information content (AvgIpc) is 1.71. The summed E-state index contributed by atoms with van der Waals surface area (Å²) in [6, 6.07) is 63.3. The van der Waals surface area contributed by atoms with Gasteiger partial charge in [-0.1, -0.05) is 384 Å². The van der Waals surface area contributed by atoms with Crippen LogP contribution in [0.15, 0.2) is 222 Å². The molecular formula is C87H135N7O11. The van der Waals surface area contributed by atoms with E-state index in [9.17, 15) is 28.8 Å². The van der Waals surface area contributed by atoms with Gasteiger partial charge in [-0.05, 0) is 63.7 Å². The number of rotatable bonds is 15. The van der Waals surface area contributed by atoms with E-state index in [1.165, 1.54) is 10.5 Å². The molecule has 7 aromatic rings. The molecule has 0 bridgehead atoms. The number of benzene rings is 7. The smallest absolute Gasteiger partial charge is 0.417 e. The minimum atomic E-state index is -1.10. The Bertz CT molecular complexity index is 3180. The highest BCUT2D eigenvalue weighted by Gasteiger charge is 2.41. The molecule has 10 rings (SSSR count). The van der Waals surface area contributed by atoms with Crippen LogP contribution < -0.4 is 5.73 Å². The minimum absolute atomic E-state index is 0.112. The van der Waals surface area contributed by atoms with Gasteiger partial charge in [0.2, 0.25) is 11.8 Å². The zero-order valence-electron chi connectivity index (χ0n) is 68.6. The van der Waals surface area contributed by atoms with Crippen molar-refractivity contribution in [2.45, 2.75) is 235 Å². The highest BCUT2D eigenvalue weighted by atomic mass is 16.6. The number of nitrogens with zero attached hydrogens (tertiary/aromatic N) is 6. The number of ether oxygens (including phenoxy) is 3. The van der Waals surface area contributed by atoms with Crippen LogP contribution in [0.3, 0.4) is 0 Å². The van der Waals surface area contributed by atoms with E-state index in [4.69, 9.17) is 35.7 Å². The molecule has 3 aliphatic rings. The molecule has 584 valence electrons. The summed E-state index contributed by atoms with van der Waals surface area (Å²) in [7, 11) is 0. The molecule has 0 radical (unpaired) electrons. The van der Waals surface area contributed by atoms with E-state index in [1.807, 2.05) is 294 Å². The van der Waals surface area contributed by atoms with Gasteiger partial charge in [0, 0.05) is 11.8 Å². The molecule has 3 aliphatic heterocycles. The van der Waals surface area contributed by atoms with Crippen molar-refractivity contribution in [2.24, 2.45) is 15.8 Å². The summed E-state index contributed by atoms with van der Waals surface area (Å²) in [5, 5.41) is 20.5. The number of imide groups is 2. The molecule has 4 amide bonds. The lowest BCUT2D eigenvalue weighted by atomic mass is 10.0. The number of hydrogen-bond donors (Lipinski definition) is 3. The van der Waals surface area contributed by atoms with Crippen molar-refractivity contribution in [3.8, 4) is 0 Å². The lowest BCUT2D eigenvalue weighted by molar-refractivity contribution is -0.139. The van der Waals surface area contributed by atoms with Gasteiger partial charge in [-0.3, -0.25) is 19.2 Å². The van der Waals surface area contributed by atoms with Gasteiger partial charge in [0.15, 0.2) is 5.90 Å². The molecule has 0 aromatic heterocycles. The Hall–Kier alpha value is -9.90. The highest BCUT2D eigenvalue weighted by molar-refractivity contribution is 5.97. The van der Waals surface area contributed by atoms with Crippen LogP contribution in [0.4, 0.5) is 9.59 Å². The molecule has 5 atom stereocenters. The number of cyclic esters (lactones) is 2. The molecule has 7 aromatic carbocycles. The molecule has 0 aliphatic carbocycles. The van der Waals surface area contributed by atoms with E-state index in [-0.39, 0.29) is 38.0 Å². The molecule has 1 unspecified atom stereocenters.